The summed E-state index contributed by atoms with van der Waals surface area (Å²) in [5, 5.41) is 0.436. The molecule has 0 spiro atoms. The lowest BCUT2D eigenvalue weighted by Crippen LogP contribution is -2.05. The Labute approximate surface area is 116 Å². The average Bonchev–Trinajstić information content (AvgIpc) is 2.35. The fourth-order valence-electron chi connectivity index (χ4n) is 1.46. The molecule has 0 bridgehead atoms. The monoisotopic (exact) mass is 330 g/mol. The summed E-state index contributed by atoms with van der Waals surface area (Å²) in [5.41, 5.74) is -0.0694. The number of carbonyl (C=O) groups excluding carboxylic acids is 1. The van der Waals surface area contributed by atoms with Gasteiger partial charge in [0.1, 0.15) is 11.6 Å². The molecule has 0 aliphatic heterocycles. The number of ketones is 1. The minimum Gasteiger partial charge on any atom is -0.288 e. The van der Waals surface area contributed by atoms with Gasteiger partial charge in [-0.2, -0.15) is 0 Å². The summed E-state index contributed by atoms with van der Waals surface area (Å²) in [6.45, 7) is 0. The van der Waals surface area contributed by atoms with Crippen molar-refractivity contribution >= 4 is 33.3 Å². The maximum Gasteiger partial charge on any atom is 0.196 e. The molecule has 0 aromatic heterocycles. The van der Waals surface area contributed by atoms with Gasteiger partial charge in [0.15, 0.2) is 5.78 Å². The van der Waals surface area contributed by atoms with Gasteiger partial charge in [0.05, 0.1) is 10.6 Å². The van der Waals surface area contributed by atoms with Gasteiger partial charge in [0.2, 0.25) is 0 Å². The molecule has 2 rings (SSSR count). The van der Waals surface area contributed by atoms with E-state index in [0.29, 0.717) is 9.50 Å². The van der Waals surface area contributed by atoms with Crippen LogP contribution in [0.25, 0.3) is 0 Å². The van der Waals surface area contributed by atoms with Crippen molar-refractivity contribution in [3.63, 3.8) is 0 Å². The van der Waals surface area contributed by atoms with Crippen LogP contribution >= 0.6 is 27.5 Å². The molecule has 0 fully saturated rings. The summed E-state index contributed by atoms with van der Waals surface area (Å²) < 4.78 is 27.0. The SMILES string of the molecule is O=C(c1ccc(Cl)c(Br)c1)c1cc(F)ccc1F. The van der Waals surface area contributed by atoms with Crippen LogP contribution in [0.15, 0.2) is 40.9 Å². The Bertz CT molecular complexity index is 628. The Balaban J connectivity index is 2.47. The van der Waals surface area contributed by atoms with Crippen LogP contribution in [0.3, 0.4) is 0 Å². The predicted octanol–water partition coefficient (Wildman–Crippen LogP) is 4.61. The molecule has 0 N–H and O–H groups in total. The molecule has 5 heteroatoms. The van der Waals surface area contributed by atoms with Crippen molar-refractivity contribution in [2.75, 3.05) is 0 Å². The zero-order chi connectivity index (χ0) is 13.3. The van der Waals surface area contributed by atoms with Crippen molar-refractivity contribution in [2.45, 2.75) is 0 Å². The Morgan fingerprint density at radius 2 is 1.83 bits per heavy atom. The summed E-state index contributed by atoms with van der Waals surface area (Å²) in [4.78, 5) is 12.0. The Hall–Kier alpha value is -1.26. The largest absolute Gasteiger partial charge is 0.288 e. The highest BCUT2D eigenvalue weighted by Crippen LogP contribution is 2.25. The maximum atomic E-state index is 13.5. The van der Waals surface area contributed by atoms with Crippen LogP contribution in [-0.4, -0.2) is 5.78 Å². The predicted molar refractivity (Wildman–Crippen MR) is 68.9 cm³/mol. The summed E-state index contributed by atoms with van der Waals surface area (Å²) >= 11 is 8.96. The molecule has 0 unspecified atom stereocenters. The molecule has 0 radical (unpaired) electrons. The third kappa shape index (κ3) is 2.60. The van der Waals surface area contributed by atoms with Gasteiger partial charge in [0.25, 0.3) is 0 Å². The van der Waals surface area contributed by atoms with Crippen LogP contribution in [0.5, 0.6) is 0 Å². The number of benzene rings is 2. The minimum atomic E-state index is -0.757. The number of hydrogen-bond donors (Lipinski definition) is 0. The van der Waals surface area contributed by atoms with Gasteiger partial charge in [-0.3, -0.25) is 4.79 Å². The standard InChI is InChI=1S/C13H6BrClF2O/c14-10-5-7(1-3-11(10)15)13(18)9-6-8(16)2-4-12(9)17/h1-6H. The first kappa shape index (κ1) is 13.2. The lowest BCUT2D eigenvalue weighted by molar-refractivity contribution is 0.103. The van der Waals surface area contributed by atoms with Gasteiger partial charge >= 0.3 is 0 Å². The fourth-order valence-corrected chi connectivity index (χ4v) is 1.96. The first-order valence-electron chi connectivity index (χ1n) is 4.94. The summed E-state index contributed by atoms with van der Waals surface area (Å²) in [5.74, 6) is -2.01. The first-order chi connectivity index (χ1) is 8.49. The number of rotatable bonds is 2. The van der Waals surface area contributed by atoms with Crippen molar-refractivity contribution in [3.8, 4) is 0 Å². The topological polar surface area (TPSA) is 17.1 Å². The smallest absolute Gasteiger partial charge is 0.196 e. The molecule has 2 aromatic rings. The molecular formula is C13H6BrClF2O. The van der Waals surface area contributed by atoms with E-state index in [1.807, 2.05) is 0 Å². The fraction of sp³-hybridized carbons (Fsp3) is 0. The second kappa shape index (κ2) is 5.16. The molecule has 18 heavy (non-hydrogen) atoms. The number of halogens is 4. The highest BCUT2D eigenvalue weighted by molar-refractivity contribution is 9.10. The minimum absolute atomic E-state index is 0.232. The molecule has 0 heterocycles. The van der Waals surface area contributed by atoms with E-state index in [4.69, 9.17) is 11.6 Å². The average molecular weight is 332 g/mol. The van der Waals surface area contributed by atoms with E-state index in [1.54, 1.807) is 0 Å². The van der Waals surface area contributed by atoms with E-state index in [1.165, 1.54) is 18.2 Å². The van der Waals surface area contributed by atoms with Gasteiger partial charge in [0, 0.05) is 10.0 Å². The Morgan fingerprint density at radius 1 is 1.11 bits per heavy atom. The van der Waals surface area contributed by atoms with Gasteiger partial charge in [-0.1, -0.05) is 11.6 Å². The third-order valence-electron chi connectivity index (χ3n) is 2.35. The number of carbonyl (C=O) groups is 1. The van der Waals surface area contributed by atoms with Crippen LogP contribution in [-0.2, 0) is 0 Å². The van der Waals surface area contributed by atoms with Gasteiger partial charge in [-0.25, -0.2) is 8.78 Å². The molecule has 0 aliphatic carbocycles. The molecule has 92 valence electrons. The molecule has 0 saturated carbocycles. The summed E-state index contributed by atoms with van der Waals surface area (Å²) in [6.07, 6.45) is 0. The van der Waals surface area contributed by atoms with Gasteiger partial charge in [-0.05, 0) is 52.3 Å². The second-order valence-electron chi connectivity index (χ2n) is 3.58. The van der Waals surface area contributed by atoms with Gasteiger partial charge < -0.3 is 0 Å². The van der Waals surface area contributed by atoms with Crippen molar-refractivity contribution < 1.29 is 13.6 Å². The van der Waals surface area contributed by atoms with Gasteiger partial charge in [-0.15, -0.1) is 0 Å². The van der Waals surface area contributed by atoms with Crippen molar-refractivity contribution in [1.82, 2.24) is 0 Å². The Kier molecular flexibility index (Phi) is 3.78. The van der Waals surface area contributed by atoms with E-state index in [2.05, 4.69) is 15.9 Å². The van der Waals surface area contributed by atoms with Crippen LogP contribution < -0.4 is 0 Å². The van der Waals surface area contributed by atoms with Crippen LogP contribution in [0.2, 0.25) is 5.02 Å². The van der Waals surface area contributed by atoms with Crippen molar-refractivity contribution in [3.05, 3.63) is 68.7 Å². The number of hydrogen-bond acceptors (Lipinski definition) is 1. The molecule has 0 amide bonds. The summed E-state index contributed by atoms with van der Waals surface area (Å²) in [7, 11) is 0. The van der Waals surface area contributed by atoms with E-state index in [9.17, 15) is 13.6 Å². The van der Waals surface area contributed by atoms with Crippen LogP contribution in [0, 0.1) is 11.6 Å². The maximum absolute atomic E-state index is 13.5. The Morgan fingerprint density at radius 3 is 2.50 bits per heavy atom. The van der Waals surface area contributed by atoms with Crippen LogP contribution in [0.1, 0.15) is 15.9 Å². The normalized spacial score (nSPS) is 10.4. The van der Waals surface area contributed by atoms with E-state index >= 15 is 0 Å². The molecule has 0 saturated heterocycles. The van der Waals surface area contributed by atoms with Crippen LogP contribution in [0.4, 0.5) is 8.78 Å². The molecule has 2 aromatic carbocycles. The second-order valence-corrected chi connectivity index (χ2v) is 4.84. The lowest BCUT2D eigenvalue weighted by Gasteiger charge is -2.04. The molecule has 1 nitrogen and oxygen atoms in total. The quantitative estimate of drug-likeness (QED) is 0.734. The highest BCUT2D eigenvalue weighted by atomic mass is 79.9. The third-order valence-corrected chi connectivity index (χ3v) is 3.57. The van der Waals surface area contributed by atoms with Crippen molar-refractivity contribution in [1.29, 1.82) is 0 Å². The molecule has 0 aliphatic rings. The van der Waals surface area contributed by atoms with E-state index in [-0.39, 0.29) is 11.1 Å². The highest BCUT2D eigenvalue weighted by Gasteiger charge is 2.15. The lowest BCUT2D eigenvalue weighted by atomic mass is 10.0. The zero-order valence-electron chi connectivity index (χ0n) is 8.88. The molecular weight excluding hydrogens is 325 g/mol. The summed E-state index contributed by atoms with van der Waals surface area (Å²) in [6, 6.07) is 7.20. The first-order valence-corrected chi connectivity index (χ1v) is 6.11. The van der Waals surface area contributed by atoms with Crippen molar-refractivity contribution in [2.24, 2.45) is 0 Å². The zero-order valence-corrected chi connectivity index (χ0v) is 11.2. The van der Waals surface area contributed by atoms with E-state index in [0.717, 1.165) is 18.2 Å². The van der Waals surface area contributed by atoms with E-state index < -0.39 is 17.4 Å². The molecule has 0 atom stereocenters.